The first-order chi connectivity index (χ1) is 4.93. The molecule has 0 aliphatic carbocycles. The quantitative estimate of drug-likeness (QED) is 0.417. The Balaban J connectivity index is 1.68. The number of hydrogen-bond donors (Lipinski definition) is 0. The number of epoxide rings is 1. The van der Waals surface area contributed by atoms with Crippen molar-refractivity contribution in [1.82, 2.24) is 0 Å². The second-order valence-electron chi connectivity index (χ2n) is 2.71. The molecule has 0 saturated carbocycles. The van der Waals surface area contributed by atoms with Crippen LogP contribution in [0.1, 0.15) is 26.2 Å². The average Bonchev–Trinajstić information content (AvgIpc) is 2.71. The van der Waals surface area contributed by atoms with E-state index in [9.17, 15) is 0 Å². The Morgan fingerprint density at radius 1 is 1.50 bits per heavy atom. The minimum absolute atomic E-state index is 0.529. The molecule has 1 aliphatic heterocycles. The van der Waals surface area contributed by atoms with Crippen molar-refractivity contribution in [2.45, 2.75) is 32.3 Å². The first kappa shape index (κ1) is 8.02. The van der Waals surface area contributed by atoms with Gasteiger partial charge < -0.3 is 9.47 Å². The minimum Gasteiger partial charge on any atom is -0.381 e. The second-order valence-corrected chi connectivity index (χ2v) is 2.71. The van der Waals surface area contributed by atoms with Gasteiger partial charge in [-0.15, -0.1) is 0 Å². The van der Waals surface area contributed by atoms with Crippen molar-refractivity contribution in [2.75, 3.05) is 19.8 Å². The molecule has 1 aliphatic rings. The number of hydrogen-bond acceptors (Lipinski definition) is 2. The monoisotopic (exact) mass is 144 g/mol. The molecule has 0 amide bonds. The van der Waals surface area contributed by atoms with Crippen molar-refractivity contribution in [3.63, 3.8) is 0 Å². The van der Waals surface area contributed by atoms with Gasteiger partial charge in [-0.05, 0) is 12.8 Å². The molecule has 1 heterocycles. The van der Waals surface area contributed by atoms with Gasteiger partial charge in [-0.2, -0.15) is 0 Å². The van der Waals surface area contributed by atoms with Crippen molar-refractivity contribution in [3.05, 3.63) is 0 Å². The normalized spacial score (nSPS) is 23.1. The van der Waals surface area contributed by atoms with Crippen molar-refractivity contribution < 1.29 is 9.47 Å². The fourth-order valence-corrected chi connectivity index (χ4v) is 0.798. The third-order valence-electron chi connectivity index (χ3n) is 1.63. The van der Waals surface area contributed by atoms with Crippen molar-refractivity contribution in [1.29, 1.82) is 0 Å². The Bertz CT molecular complexity index is 79.3. The summed E-state index contributed by atoms with van der Waals surface area (Å²) in [5, 5.41) is 0. The Kier molecular flexibility index (Phi) is 3.76. The summed E-state index contributed by atoms with van der Waals surface area (Å²) in [6, 6.07) is 0. The van der Waals surface area contributed by atoms with E-state index in [1.54, 1.807) is 0 Å². The van der Waals surface area contributed by atoms with Crippen LogP contribution in [0.3, 0.4) is 0 Å². The van der Waals surface area contributed by atoms with Gasteiger partial charge in [0.25, 0.3) is 0 Å². The molecule has 0 bridgehead atoms. The molecule has 0 N–H and O–H groups in total. The highest BCUT2D eigenvalue weighted by atomic mass is 16.6. The number of ether oxygens (including phenoxy) is 2. The molecule has 0 aromatic carbocycles. The lowest BCUT2D eigenvalue weighted by Crippen LogP contribution is -1.99. The van der Waals surface area contributed by atoms with Crippen LogP contribution in [-0.2, 0) is 9.47 Å². The highest BCUT2D eigenvalue weighted by molar-refractivity contribution is 4.67. The predicted octanol–water partition coefficient (Wildman–Crippen LogP) is 1.59. The van der Waals surface area contributed by atoms with Gasteiger partial charge in [-0.3, -0.25) is 0 Å². The molecule has 0 aromatic heterocycles. The average molecular weight is 144 g/mol. The van der Waals surface area contributed by atoms with Crippen molar-refractivity contribution >= 4 is 0 Å². The van der Waals surface area contributed by atoms with Crippen LogP contribution >= 0.6 is 0 Å². The second kappa shape index (κ2) is 4.69. The van der Waals surface area contributed by atoms with E-state index in [1.807, 2.05) is 0 Å². The fraction of sp³-hybridized carbons (Fsp3) is 1.00. The van der Waals surface area contributed by atoms with Crippen molar-refractivity contribution in [3.8, 4) is 0 Å². The van der Waals surface area contributed by atoms with Crippen LogP contribution in [0.4, 0.5) is 0 Å². The summed E-state index contributed by atoms with van der Waals surface area (Å²) in [5.74, 6) is 0. The molecule has 10 heavy (non-hydrogen) atoms. The zero-order valence-corrected chi connectivity index (χ0v) is 6.64. The van der Waals surface area contributed by atoms with E-state index in [1.165, 1.54) is 12.8 Å². The lowest BCUT2D eigenvalue weighted by atomic mass is 10.3. The molecule has 0 aromatic rings. The summed E-state index contributed by atoms with van der Waals surface area (Å²) < 4.78 is 10.4. The van der Waals surface area contributed by atoms with Crippen LogP contribution < -0.4 is 0 Å². The SMILES string of the molecule is CCCCOCCC1CO1. The smallest absolute Gasteiger partial charge is 0.0831 e. The summed E-state index contributed by atoms with van der Waals surface area (Å²) >= 11 is 0. The third kappa shape index (κ3) is 3.85. The Morgan fingerprint density at radius 3 is 2.90 bits per heavy atom. The lowest BCUT2D eigenvalue weighted by Gasteiger charge is -1.99. The predicted molar refractivity (Wildman–Crippen MR) is 40.1 cm³/mol. The van der Waals surface area contributed by atoms with Crippen LogP contribution in [0.5, 0.6) is 0 Å². The van der Waals surface area contributed by atoms with E-state index in [2.05, 4.69) is 6.92 Å². The minimum atomic E-state index is 0.529. The van der Waals surface area contributed by atoms with Gasteiger partial charge in [0, 0.05) is 13.2 Å². The third-order valence-corrected chi connectivity index (χ3v) is 1.63. The fourth-order valence-electron chi connectivity index (χ4n) is 0.798. The molecule has 1 unspecified atom stereocenters. The first-order valence-electron chi connectivity index (χ1n) is 4.13. The van der Waals surface area contributed by atoms with Gasteiger partial charge in [0.2, 0.25) is 0 Å². The largest absolute Gasteiger partial charge is 0.381 e. The zero-order valence-electron chi connectivity index (χ0n) is 6.64. The summed E-state index contributed by atoms with van der Waals surface area (Å²) in [7, 11) is 0. The zero-order chi connectivity index (χ0) is 7.23. The molecular formula is C8H16O2. The highest BCUT2D eigenvalue weighted by Crippen LogP contribution is 2.12. The molecule has 0 radical (unpaired) electrons. The molecule has 60 valence electrons. The van der Waals surface area contributed by atoms with E-state index in [4.69, 9.17) is 9.47 Å². The molecule has 2 nitrogen and oxygen atoms in total. The maximum absolute atomic E-state index is 5.34. The topological polar surface area (TPSA) is 21.8 Å². The number of unbranched alkanes of at least 4 members (excludes halogenated alkanes) is 1. The maximum atomic E-state index is 5.34. The van der Waals surface area contributed by atoms with Gasteiger partial charge in [0.1, 0.15) is 0 Å². The van der Waals surface area contributed by atoms with E-state index in [-0.39, 0.29) is 0 Å². The molecule has 1 fully saturated rings. The van der Waals surface area contributed by atoms with Gasteiger partial charge in [-0.25, -0.2) is 0 Å². The maximum Gasteiger partial charge on any atom is 0.0831 e. The summed E-state index contributed by atoms with van der Waals surface area (Å²) in [4.78, 5) is 0. The van der Waals surface area contributed by atoms with Crippen LogP contribution in [-0.4, -0.2) is 25.9 Å². The van der Waals surface area contributed by atoms with Gasteiger partial charge in [-0.1, -0.05) is 13.3 Å². The molecule has 1 atom stereocenters. The molecule has 1 rings (SSSR count). The van der Waals surface area contributed by atoms with Crippen LogP contribution in [0.25, 0.3) is 0 Å². The lowest BCUT2D eigenvalue weighted by molar-refractivity contribution is 0.123. The summed E-state index contributed by atoms with van der Waals surface area (Å²) in [5.41, 5.74) is 0. The van der Waals surface area contributed by atoms with Crippen molar-refractivity contribution in [2.24, 2.45) is 0 Å². The summed E-state index contributed by atoms with van der Waals surface area (Å²) in [6.07, 6.45) is 4.02. The Labute approximate surface area is 62.5 Å². The van der Waals surface area contributed by atoms with Gasteiger partial charge in [0.05, 0.1) is 12.7 Å². The van der Waals surface area contributed by atoms with E-state index >= 15 is 0 Å². The van der Waals surface area contributed by atoms with E-state index < -0.39 is 0 Å². The molecule has 1 saturated heterocycles. The van der Waals surface area contributed by atoms with Gasteiger partial charge >= 0.3 is 0 Å². The standard InChI is InChI=1S/C8H16O2/c1-2-3-5-9-6-4-8-7-10-8/h8H,2-7H2,1H3. The van der Waals surface area contributed by atoms with Crippen LogP contribution in [0.2, 0.25) is 0 Å². The van der Waals surface area contributed by atoms with Gasteiger partial charge in [0.15, 0.2) is 0 Å². The van der Waals surface area contributed by atoms with E-state index in [0.717, 1.165) is 26.2 Å². The highest BCUT2D eigenvalue weighted by Gasteiger charge is 2.21. The molecule has 0 spiro atoms. The van der Waals surface area contributed by atoms with E-state index in [0.29, 0.717) is 6.10 Å². The first-order valence-corrected chi connectivity index (χ1v) is 4.13. The Morgan fingerprint density at radius 2 is 2.30 bits per heavy atom. The summed E-state index contributed by atoms with van der Waals surface area (Å²) in [6.45, 7) is 4.93. The molecular weight excluding hydrogens is 128 g/mol. The van der Waals surface area contributed by atoms with Crippen LogP contribution in [0, 0.1) is 0 Å². The Hall–Kier alpha value is -0.0800. The van der Waals surface area contributed by atoms with Crippen LogP contribution in [0.15, 0.2) is 0 Å². The molecule has 2 heteroatoms. The number of rotatable bonds is 6.